The molecule has 0 aliphatic heterocycles. The number of halogens is 1. The highest BCUT2D eigenvalue weighted by Gasteiger charge is 2.10. The lowest BCUT2D eigenvalue weighted by atomic mass is 10.0. The number of hydrogen-bond donors (Lipinski definition) is 2. The summed E-state index contributed by atoms with van der Waals surface area (Å²) in [6.45, 7) is 0. The highest BCUT2D eigenvalue weighted by molar-refractivity contribution is 6.06. The molecule has 0 radical (unpaired) electrons. The Morgan fingerprint density at radius 3 is 2.36 bits per heavy atom. The predicted octanol–water partition coefficient (Wildman–Crippen LogP) is 4.34. The van der Waals surface area contributed by atoms with Gasteiger partial charge in [0.1, 0.15) is 0 Å². The van der Waals surface area contributed by atoms with E-state index in [2.05, 4.69) is 5.32 Å². The summed E-state index contributed by atoms with van der Waals surface area (Å²) < 4.78 is 18.9. The molecule has 0 spiro atoms. The molecule has 126 valence electrons. The normalized spacial score (nSPS) is 10.3. The number of methoxy groups -OCH3 is 1. The third-order valence-corrected chi connectivity index (χ3v) is 3.82. The molecule has 5 heteroatoms. The van der Waals surface area contributed by atoms with Crippen LogP contribution in [0, 0.1) is 5.82 Å². The lowest BCUT2D eigenvalue weighted by Crippen LogP contribution is -2.13. The van der Waals surface area contributed by atoms with Crippen LogP contribution in [-0.2, 0) is 0 Å². The summed E-state index contributed by atoms with van der Waals surface area (Å²) in [7, 11) is 1.42. The van der Waals surface area contributed by atoms with Gasteiger partial charge in [-0.2, -0.15) is 0 Å². The molecule has 3 rings (SSSR count). The number of nitrogens with two attached hydrogens (primary N) is 1. The lowest BCUT2D eigenvalue weighted by Gasteiger charge is -2.11. The van der Waals surface area contributed by atoms with Crippen LogP contribution in [0.2, 0.25) is 0 Å². The van der Waals surface area contributed by atoms with Crippen molar-refractivity contribution in [1.82, 2.24) is 0 Å². The molecule has 0 atom stereocenters. The maximum absolute atomic E-state index is 13.9. The van der Waals surface area contributed by atoms with E-state index in [4.69, 9.17) is 10.5 Å². The topological polar surface area (TPSA) is 64.3 Å². The largest absolute Gasteiger partial charge is 0.494 e. The van der Waals surface area contributed by atoms with E-state index < -0.39 is 5.82 Å². The smallest absolute Gasteiger partial charge is 0.255 e. The highest BCUT2D eigenvalue weighted by Crippen LogP contribution is 2.30. The Labute approximate surface area is 145 Å². The van der Waals surface area contributed by atoms with Gasteiger partial charge in [-0.3, -0.25) is 4.79 Å². The van der Waals surface area contributed by atoms with E-state index in [1.165, 1.54) is 13.2 Å². The monoisotopic (exact) mass is 336 g/mol. The van der Waals surface area contributed by atoms with Gasteiger partial charge in [0, 0.05) is 5.56 Å². The van der Waals surface area contributed by atoms with Crippen molar-refractivity contribution in [2.45, 2.75) is 0 Å². The Morgan fingerprint density at radius 2 is 1.68 bits per heavy atom. The fraction of sp³-hybridized carbons (Fsp3) is 0.0500. The van der Waals surface area contributed by atoms with Crippen molar-refractivity contribution in [1.29, 1.82) is 0 Å². The molecule has 0 aliphatic rings. The number of nitrogen functional groups attached to an aromatic ring is 1. The minimum absolute atomic E-state index is 0.178. The molecule has 3 aromatic rings. The van der Waals surface area contributed by atoms with Gasteiger partial charge in [-0.1, -0.05) is 30.3 Å². The van der Waals surface area contributed by atoms with Gasteiger partial charge in [0.05, 0.1) is 18.5 Å². The van der Waals surface area contributed by atoms with Crippen molar-refractivity contribution in [3.05, 3.63) is 78.1 Å². The van der Waals surface area contributed by atoms with Crippen LogP contribution >= 0.6 is 0 Å². The number of benzene rings is 3. The predicted molar refractivity (Wildman–Crippen MR) is 97.2 cm³/mol. The first-order chi connectivity index (χ1) is 12.1. The van der Waals surface area contributed by atoms with Crippen LogP contribution in [0.1, 0.15) is 10.4 Å². The Balaban J connectivity index is 1.90. The highest BCUT2D eigenvalue weighted by atomic mass is 19.1. The van der Waals surface area contributed by atoms with Gasteiger partial charge in [-0.25, -0.2) is 4.39 Å². The van der Waals surface area contributed by atoms with Crippen LogP contribution in [0.4, 0.5) is 15.8 Å². The maximum atomic E-state index is 13.9. The molecule has 0 unspecified atom stereocenters. The maximum Gasteiger partial charge on any atom is 0.255 e. The first kappa shape index (κ1) is 16.5. The van der Waals surface area contributed by atoms with Crippen LogP contribution < -0.4 is 15.8 Å². The minimum Gasteiger partial charge on any atom is -0.494 e. The number of hydrogen-bond acceptors (Lipinski definition) is 3. The molecule has 0 bridgehead atoms. The summed E-state index contributed by atoms with van der Waals surface area (Å²) in [5.74, 6) is -0.533. The Morgan fingerprint density at radius 1 is 1.00 bits per heavy atom. The van der Waals surface area contributed by atoms with Crippen molar-refractivity contribution < 1.29 is 13.9 Å². The van der Waals surface area contributed by atoms with Crippen molar-refractivity contribution in [3.8, 4) is 16.9 Å². The van der Waals surface area contributed by atoms with E-state index in [0.29, 0.717) is 22.5 Å². The summed E-state index contributed by atoms with van der Waals surface area (Å²) in [4.78, 5) is 12.3. The zero-order valence-corrected chi connectivity index (χ0v) is 13.6. The van der Waals surface area contributed by atoms with Gasteiger partial charge in [0.15, 0.2) is 11.6 Å². The SMILES string of the molecule is COc1ccc(-c2ccc(N)c(NC(=O)c3ccccc3)c2)cc1F. The van der Waals surface area contributed by atoms with Gasteiger partial charge in [-0.05, 0) is 47.5 Å². The molecule has 0 aliphatic carbocycles. The molecule has 0 aromatic heterocycles. The summed E-state index contributed by atoms with van der Waals surface area (Å²) in [5.41, 5.74) is 8.79. The zero-order valence-electron chi connectivity index (χ0n) is 13.6. The Hall–Kier alpha value is -3.34. The van der Waals surface area contributed by atoms with Gasteiger partial charge in [0.25, 0.3) is 5.91 Å². The number of carbonyl (C=O) groups excluding carboxylic acids is 1. The summed E-state index contributed by atoms with van der Waals surface area (Å²) in [6, 6.07) is 18.7. The van der Waals surface area contributed by atoms with Gasteiger partial charge < -0.3 is 15.8 Å². The van der Waals surface area contributed by atoms with Crippen LogP contribution in [0.3, 0.4) is 0 Å². The van der Waals surface area contributed by atoms with E-state index in [1.807, 2.05) is 6.07 Å². The van der Waals surface area contributed by atoms with E-state index >= 15 is 0 Å². The van der Waals surface area contributed by atoms with Gasteiger partial charge in [-0.15, -0.1) is 0 Å². The van der Waals surface area contributed by atoms with Gasteiger partial charge >= 0.3 is 0 Å². The molecule has 0 fully saturated rings. The first-order valence-electron chi connectivity index (χ1n) is 7.68. The van der Waals surface area contributed by atoms with Gasteiger partial charge in [0.2, 0.25) is 0 Å². The third-order valence-electron chi connectivity index (χ3n) is 3.82. The first-order valence-corrected chi connectivity index (χ1v) is 7.68. The quantitative estimate of drug-likeness (QED) is 0.697. The summed E-state index contributed by atoms with van der Waals surface area (Å²) >= 11 is 0. The average Bonchev–Trinajstić information content (AvgIpc) is 2.64. The molecule has 3 N–H and O–H groups in total. The molecular formula is C20H17FN2O2. The van der Waals surface area contributed by atoms with Crippen LogP contribution in [0.5, 0.6) is 5.75 Å². The summed E-state index contributed by atoms with van der Waals surface area (Å²) in [5, 5.41) is 2.79. The standard InChI is InChI=1S/C20H17FN2O2/c1-25-19-10-8-14(11-16(19)21)15-7-9-17(22)18(12-15)23-20(24)13-5-3-2-4-6-13/h2-12H,22H2,1H3,(H,23,24). The Kier molecular flexibility index (Phi) is 4.66. The van der Waals surface area contributed by atoms with Crippen molar-refractivity contribution in [2.75, 3.05) is 18.2 Å². The van der Waals surface area contributed by atoms with E-state index in [-0.39, 0.29) is 11.7 Å². The number of rotatable bonds is 4. The molecule has 0 heterocycles. The molecule has 0 saturated heterocycles. The Bertz CT molecular complexity index is 911. The zero-order chi connectivity index (χ0) is 17.8. The average molecular weight is 336 g/mol. The number of ether oxygens (including phenoxy) is 1. The third kappa shape index (κ3) is 3.61. The van der Waals surface area contributed by atoms with Crippen molar-refractivity contribution in [2.24, 2.45) is 0 Å². The fourth-order valence-corrected chi connectivity index (χ4v) is 2.47. The number of amides is 1. The van der Waals surface area contributed by atoms with Crippen molar-refractivity contribution in [3.63, 3.8) is 0 Å². The van der Waals surface area contributed by atoms with E-state index in [9.17, 15) is 9.18 Å². The summed E-state index contributed by atoms with van der Waals surface area (Å²) in [6.07, 6.45) is 0. The second-order valence-corrected chi connectivity index (χ2v) is 5.47. The van der Waals surface area contributed by atoms with Crippen molar-refractivity contribution >= 4 is 17.3 Å². The number of nitrogens with one attached hydrogen (secondary N) is 1. The number of carbonyl (C=O) groups is 1. The van der Waals surface area contributed by atoms with Crippen LogP contribution in [-0.4, -0.2) is 13.0 Å². The van der Waals surface area contributed by atoms with Crippen LogP contribution in [0.25, 0.3) is 11.1 Å². The fourth-order valence-electron chi connectivity index (χ4n) is 2.47. The number of anilines is 2. The molecule has 1 amide bonds. The minimum atomic E-state index is -0.452. The van der Waals surface area contributed by atoms with E-state index in [0.717, 1.165) is 5.56 Å². The second-order valence-electron chi connectivity index (χ2n) is 5.47. The molecular weight excluding hydrogens is 319 g/mol. The van der Waals surface area contributed by atoms with E-state index in [1.54, 1.807) is 54.6 Å². The van der Waals surface area contributed by atoms with Crippen LogP contribution in [0.15, 0.2) is 66.7 Å². The molecule has 4 nitrogen and oxygen atoms in total. The molecule has 0 saturated carbocycles. The molecule has 25 heavy (non-hydrogen) atoms. The second kappa shape index (κ2) is 7.05. The lowest BCUT2D eigenvalue weighted by molar-refractivity contribution is 0.102. The molecule has 3 aromatic carbocycles.